The predicted octanol–water partition coefficient (Wildman–Crippen LogP) is 2.34. The van der Waals surface area contributed by atoms with Gasteiger partial charge in [-0.2, -0.15) is 0 Å². The van der Waals surface area contributed by atoms with Crippen molar-refractivity contribution in [3.05, 3.63) is 28.2 Å². The molecule has 2 N–H and O–H groups in total. The average Bonchev–Trinajstić information content (AvgIpc) is 2.09. The lowest BCUT2D eigenvalue weighted by Crippen LogP contribution is -1.88. The lowest BCUT2D eigenvalue weighted by molar-refractivity contribution is 1.45. The zero-order valence-electron chi connectivity index (χ0n) is 10.5. The standard InChI is InChI=1S/C7H8BrN/c1-5-3-2-4-6(8)7(5)9/h2-4H,9H2,1H3/i1D3,2D,3D,4D. The lowest BCUT2D eigenvalue weighted by atomic mass is 10.2. The Kier molecular flexibility index (Phi) is 0.605. The van der Waals surface area contributed by atoms with Gasteiger partial charge in [-0.15, -0.1) is 0 Å². The molecule has 0 aliphatic rings. The van der Waals surface area contributed by atoms with Gasteiger partial charge in [0.05, 0.1) is 4.11 Å². The molecule has 2 heteroatoms. The van der Waals surface area contributed by atoms with Gasteiger partial charge in [0.1, 0.15) is 0 Å². The SMILES string of the molecule is [2H]c1c([2H])c(Br)c(N)c(C([2H])([2H])[2H])c1[2H]. The molecule has 0 saturated heterocycles. The van der Waals surface area contributed by atoms with Crippen molar-refractivity contribution in [3.8, 4) is 0 Å². The van der Waals surface area contributed by atoms with Crippen molar-refractivity contribution < 1.29 is 8.22 Å². The van der Waals surface area contributed by atoms with Crippen LogP contribution in [0.15, 0.2) is 22.6 Å². The van der Waals surface area contributed by atoms with E-state index in [4.69, 9.17) is 14.0 Å². The summed E-state index contributed by atoms with van der Waals surface area (Å²) < 4.78 is 43.9. The summed E-state index contributed by atoms with van der Waals surface area (Å²) in [7, 11) is 0. The van der Waals surface area contributed by atoms with E-state index < -0.39 is 18.9 Å². The molecule has 0 heterocycles. The van der Waals surface area contributed by atoms with Crippen LogP contribution < -0.4 is 5.73 Å². The van der Waals surface area contributed by atoms with Crippen molar-refractivity contribution in [3.63, 3.8) is 0 Å². The van der Waals surface area contributed by atoms with Crippen LogP contribution in [-0.4, -0.2) is 0 Å². The van der Waals surface area contributed by atoms with E-state index in [0.29, 0.717) is 0 Å². The van der Waals surface area contributed by atoms with Crippen LogP contribution in [0.2, 0.25) is 0 Å². The molecule has 0 saturated carbocycles. The van der Waals surface area contributed by atoms with E-state index in [2.05, 4.69) is 15.9 Å². The molecule has 0 aliphatic carbocycles. The molecule has 0 spiro atoms. The molecule has 0 aromatic heterocycles. The molecular formula is C7H8BrN. The topological polar surface area (TPSA) is 26.0 Å². The van der Waals surface area contributed by atoms with E-state index in [9.17, 15) is 0 Å². The first-order valence-electron chi connectivity index (χ1n) is 5.23. The summed E-state index contributed by atoms with van der Waals surface area (Å²) >= 11 is 2.94. The van der Waals surface area contributed by atoms with E-state index >= 15 is 0 Å². The zero-order valence-corrected chi connectivity index (χ0v) is 6.04. The summed E-state index contributed by atoms with van der Waals surface area (Å²) in [4.78, 5) is 0. The van der Waals surface area contributed by atoms with Gasteiger partial charge >= 0.3 is 0 Å². The summed E-state index contributed by atoms with van der Waals surface area (Å²) in [5.41, 5.74) is 4.96. The van der Waals surface area contributed by atoms with Crippen LogP contribution in [-0.2, 0) is 0 Å². The number of benzene rings is 1. The van der Waals surface area contributed by atoms with Crippen molar-refractivity contribution in [2.24, 2.45) is 0 Å². The molecule has 0 fully saturated rings. The molecule has 0 aliphatic heterocycles. The average molecular weight is 192 g/mol. The first-order chi connectivity index (χ1) is 6.68. The Morgan fingerprint density at radius 3 is 3.22 bits per heavy atom. The van der Waals surface area contributed by atoms with Gasteiger partial charge in [0, 0.05) is 14.3 Å². The van der Waals surface area contributed by atoms with Gasteiger partial charge in [0.15, 0.2) is 0 Å². The van der Waals surface area contributed by atoms with E-state index in [1.165, 1.54) is 0 Å². The second-order valence-electron chi connectivity index (χ2n) is 1.48. The molecule has 9 heavy (non-hydrogen) atoms. The third-order valence-electron chi connectivity index (χ3n) is 0.866. The minimum Gasteiger partial charge on any atom is -0.398 e. The highest BCUT2D eigenvalue weighted by Gasteiger charge is 1.94. The van der Waals surface area contributed by atoms with Gasteiger partial charge in [-0.1, -0.05) is 12.1 Å². The summed E-state index contributed by atoms with van der Waals surface area (Å²) in [6.45, 7) is -2.55. The summed E-state index contributed by atoms with van der Waals surface area (Å²) in [5, 5.41) is 0. The van der Waals surface area contributed by atoms with Crippen LogP contribution in [0.5, 0.6) is 0 Å². The van der Waals surface area contributed by atoms with Gasteiger partial charge in [0.2, 0.25) is 0 Å². The molecule has 48 valence electrons. The highest BCUT2D eigenvalue weighted by atomic mass is 79.9. The Morgan fingerprint density at radius 2 is 2.56 bits per heavy atom. The highest BCUT2D eigenvalue weighted by Crippen LogP contribution is 2.21. The molecule has 1 rings (SSSR count). The zero-order chi connectivity index (χ0) is 12.0. The van der Waals surface area contributed by atoms with Gasteiger partial charge in [-0.3, -0.25) is 0 Å². The molecule has 1 aromatic carbocycles. The summed E-state index contributed by atoms with van der Waals surface area (Å²) in [6, 6.07) is -1.23. The number of halogens is 1. The van der Waals surface area contributed by atoms with Crippen LogP contribution in [0, 0.1) is 6.85 Å². The second-order valence-corrected chi connectivity index (χ2v) is 2.27. The number of hydrogen-bond acceptors (Lipinski definition) is 1. The largest absolute Gasteiger partial charge is 0.398 e. The number of nitrogen functional groups attached to an aromatic ring is 1. The smallest absolute Gasteiger partial charge is 0.0635 e. The van der Waals surface area contributed by atoms with Gasteiger partial charge in [0.25, 0.3) is 0 Å². The third kappa shape index (κ3) is 1.24. The van der Waals surface area contributed by atoms with Crippen molar-refractivity contribution >= 4 is 21.6 Å². The monoisotopic (exact) mass is 191 g/mol. The quantitative estimate of drug-likeness (QED) is 0.627. The number of para-hydroxylation sites is 1. The van der Waals surface area contributed by atoms with E-state index in [-0.39, 0.29) is 21.8 Å². The first kappa shape index (κ1) is 2.27. The maximum absolute atomic E-state index is 7.46. The number of hydrogen-bond donors (Lipinski definition) is 1. The normalized spacial score (nSPS) is 20.6. The summed E-state index contributed by atoms with van der Waals surface area (Å²) in [5.74, 6) is 0. The summed E-state index contributed by atoms with van der Waals surface area (Å²) in [6.07, 6.45) is 0. The van der Waals surface area contributed by atoms with Gasteiger partial charge in [-0.25, -0.2) is 0 Å². The molecule has 0 bridgehead atoms. The molecule has 0 unspecified atom stereocenters. The fourth-order valence-electron chi connectivity index (χ4n) is 0.393. The van der Waals surface area contributed by atoms with Crippen molar-refractivity contribution in [1.29, 1.82) is 0 Å². The minimum absolute atomic E-state index is 0.0506. The lowest BCUT2D eigenvalue weighted by Gasteiger charge is -1.99. The number of rotatable bonds is 0. The van der Waals surface area contributed by atoms with E-state index in [1.807, 2.05) is 0 Å². The van der Waals surface area contributed by atoms with Crippen LogP contribution in [0.25, 0.3) is 0 Å². The molecule has 0 radical (unpaired) electrons. The molecular weight excluding hydrogens is 178 g/mol. The van der Waals surface area contributed by atoms with E-state index in [0.717, 1.165) is 0 Å². The minimum atomic E-state index is -2.55. The fourth-order valence-corrected chi connectivity index (χ4v) is 0.690. The third-order valence-corrected chi connectivity index (χ3v) is 1.49. The van der Waals surface area contributed by atoms with Crippen LogP contribution in [0.1, 0.15) is 13.8 Å². The van der Waals surface area contributed by atoms with E-state index in [1.54, 1.807) is 0 Å². The van der Waals surface area contributed by atoms with Gasteiger partial charge < -0.3 is 5.73 Å². The van der Waals surface area contributed by atoms with Crippen LogP contribution in [0.4, 0.5) is 5.69 Å². The fraction of sp³-hybridized carbons (Fsp3) is 0.143. The van der Waals surface area contributed by atoms with Crippen molar-refractivity contribution in [1.82, 2.24) is 0 Å². The Labute approximate surface area is 71.4 Å². The van der Waals surface area contributed by atoms with Crippen LogP contribution >= 0.6 is 15.9 Å². The predicted molar refractivity (Wildman–Crippen MR) is 43.3 cm³/mol. The van der Waals surface area contributed by atoms with Gasteiger partial charge in [-0.05, 0) is 34.4 Å². The number of nitrogens with two attached hydrogens (primary N) is 1. The molecule has 1 nitrogen and oxygen atoms in total. The maximum Gasteiger partial charge on any atom is 0.0635 e. The Morgan fingerprint density at radius 1 is 1.78 bits per heavy atom. The second kappa shape index (κ2) is 2.40. The highest BCUT2D eigenvalue weighted by molar-refractivity contribution is 9.10. The maximum atomic E-state index is 7.46. The Hall–Kier alpha value is -0.500. The first-order valence-corrected chi connectivity index (χ1v) is 3.02. The Balaban J connectivity index is 3.68. The van der Waals surface area contributed by atoms with Crippen molar-refractivity contribution in [2.45, 2.75) is 6.85 Å². The molecule has 0 atom stereocenters. The van der Waals surface area contributed by atoms with Crippen LogP contribution in [0.3, 0.4) is 0 Å². The number of anilines is 1. The molecule has 0 amide bonds. The van der Waals surface area contributed by atoms with Crippen molar-refractivity contribution in [2.75, 3.05) is 5.73 Å². The molecule has 1 aromatic rings. The Bertz CT molecular complexity index is 384.